The first kappa shape index (κ1) is 13.5. The second-order valence-corrected chi connectivity index (χ2v) is 5.19. The maximum absolute atomic E-state index is 11.8. The summed E-state index contributed by atoms with van der Waals surface area (Å²) in [5.41, 5.74) is 0. The molecule has 0 rings (SSSR count). The predicted molar refractivity (Wildman–Crippen MR) is 61.1 cm³/mol. The molecule has 0 unspecified atom stereocenters. The number of nitrogens with zero attached hydrogens (tertiary/aromatic N) is 1. The lowest BCUT2D eigenvalue weighted by molar-refractivity contribution is -0.135. The third kappa shape index (κ3) is 5.25. The fourth-order valence-electron chi connectivity index (χ4n) is 1.50. The van der Waals surface area contributed by atoms with E-state index in [1.54, 1.807) is 0 Å². The van der Waals surface area contributed by atoms with Crippen molar-refractivity contribution in [3.8, 4) is 0 Å². The van der Waals surface area contributed by atoms with Gasteiger partial charge in [-0.25, -0.2) is 0 Å². The number of amides is 1. The van der Waals surface area contributed by atoms with Gasteiger partial charge in [0, 0.05) is 19.0 Å². The van der Waals surface area contributed by atoms with Gasteiger partial charge in [0.05, 0.1) is 0 Å². The first-order chi connectivity index (χ1) is 6.34. The largest absolute Gasteiger partial charge is 0.342 e. The Morgan fingerprint density at radius 1 is 0.929 bits per heavy atom. The lowest BCUT2D eigenvalue weighted by atomic mass is 10.1. The van der Waals surface area contributed by atoms with E-state index in [1.807, 2.05) is 18.7 Å². The summed E-state index contributed by atoms with van der Waals surface area (Å²) >= 11 is 0. The molecule has 0 spiro atoms. The summed E-state index contributed by atoms with van der Waals surface area (Å²) in [5, 5.41) is 0. The van der Waals surface area contributed by atoms with E-state index in [0.29, 0.717) is 11.8 Å². The van der Waals surface area contributed by atoms with Gasteiger partial charge in [-0.2, -0.15) is 0 Å². The van der Waals surface area contributed by atoms with Crippen molar-refractivity contribution < 1.29 is 4.79 Å². The molecule has 0 atom stereocenters. The first-order valence-electron chi connectivity index (χ1n) is 5.63. The molecule has 2 heteroatoms. The first-order valence-corrected chi connectivity index (χ1v) is 5.63. The minimum absolute atomic E-state index is 0.118. The third-order valence-electron chi connectivity index (χ3n) is 1.98. The van der Waals surface area contributed by atoms with Crippen molar-refractivity contribution in [2.75, 3.05) is 13.1 Å². The molecule has 84 valence electrons. The topological polar surface area (TPSA) is 20.3 Å². The molecular weight excluding hydrogens is 174 g/mol. The Morgan fingerprint density at radius 3 is 1.50 bits per heavy atom. The van der Waals surface area contributed by atoms with E-state index >= 15 is 0 Å². The zero-order chi connectivity index (χ0) is 11.3. The van der Waals surface area contributed by atoms with Crippen LogP contribution in [0, 0.1) is 17.8 Å². The van der Waals surface area contributed by atoms with E-state index in [1.165, 1.54) is 0 Å². The average molecular weight is 199 g/mol. The van der Waals surface area contributed by atoms with Crippen molar-refractivity contribution in [3.63, 3.8) is 0 Å². The Kier molecular flexibility index (Phi) is 5.82. The van der Waals surface area contributed by atoms with Crippen molar-refractivity contribution in [1.29, 1.82) is 0 Å². The Hall–Kier alpha value is -0.530. The van der Waals surface area contributed by atoms with Gasteiger partial charge in [0.15, 0.2) is 0 Å². The molecule has 0 fully saturated rings. The van der Waals surface area contributed by atoms with Crippen LogP contribution in [0.2, 0.25) is 0 Å². The number of hydrogen-bond acceptors (Lipinski definition) is 1. The Morgan fingerprint density at radius 2 is 1.29 bits per heavy atom. The van der Waals surface area contributed by atoms with E-state index < -0.39 is 0 Å². The zero-order valence-corrected chi connectivity index (χ0v) is 10.5. The second-order valence-electron chi connectivity index (χ2n) is 5.19. The number of hydrogen-bond donors (Lipinski definition) is 0. The van der Waals surface area contributed by atoms with Crippen molar-refractivity contribution in [1.82, 2.24) is 4.90 Å². The smallest absolute Gasteiger partial charge is 0.225 e. The molecule has 0 heterocycles. The molecule has 0 aromatic carbocycles. The van der Waals surface area contributed by atoms with Crippen molar-refractivity contribution in [2.45, 2.75) is 41.5 Å². The van der Waals surface area contributed by atoms with E-state index in [9.17, 15) is 4.79 Å². The van der Waals surface area contributed by atoms with Crippen LogP contribution < -0.4 is 0 Å². The molecule has 0 aliphatic heterocycles. The molecule has 0 aliphatic rings. The van der Waals surface area contributed by atoms with E-state index in [-0.39, 0.29) is 11.8 Å². The van der Waals surface area contributed by atoms with E-state index in [0.717, 1.165) is 13.1 Å². The van der Waals surface area contributed by atoms with Crippen molar-refractivity contribution in [2.24, 2.45) is 17.8 Å². The monoisotopic (exact) mass is 199 g/mol. The molecule has 2 nitrogen and oxygen atoms in total. The van der Waals surface area contributed by atoms with Gasteiger partial charge in [-0.05, 0) is 11.8 Å². The Bertz CT molecular complexity index is 163. The molecule has 1 amide bonds. The van der Waals surface area contributed by atoms with Crippen molar-refractivity contribution >= 4 is 5.91 Å². The molecular formula is C12H25NO. The summed E-state index contributed by atoms with van der Waals surface area (Å²) in [6.07, 6.45) is 0. The number of rotatable bonds is 5. The lowest BCUT2D eigenvalue weighted by Crippen LogP contribution is -2.39. The molecule has 0 aromatic heterocycles. The second kappa shape index (κ2) is 6.05. The fraction of sp³-hybridized carbons (Fsp3) is 0.917. The van der Waals surface area contributed by atoms with Crippen LogP contribution in [0.1, 0.15) is 41.5 Å². The maximum atomic E-state index is 11.8. The Balaban J connectivity index is 4.31. The van der Waals surface area contributed by atoms with Gasteiger partial charge in [0.2, 0.25) is 5.91 Å². The summed E-state index contributed by atoms with van der Waals surface area (Å²) in [5.74, 6) is 1.51. The normalized spacial score (nSPS) is 11.5. The highest BCUT2D eigenvalue weighted by Crippen LogP contribution is 2.08. The van der Waals surface area contributed by atoms with Gasteiger partial charge in [0.1, 0.15) is 0 Å². The van der Waals surface area contributed by atoms with Gasteiger partial charge in [-0.15, -0.1) is 0 Å². The molecule has 0 aromatic rings. The van der Waals surface area contributed by atoms with Gasteiger partial charge >= 0.3 is 0 Å². The highest BCUT2D eigenvalue weighted by Gasteiger charge is 2.18. The molecule has 0 aliphatic carbocycles. The maximum Gasteiger partial charge on any atom is 0.225 e. The summed E-state index contributed by atoms with van der Waals surface area (Å²) in [7, 11) is 0. The van der Waals surface area contributed by atoms with Crippen LogP contribution in [0.4, 0.5) is 0 Å². The number of carbonyl (C=O) groups is 1. The summed E-state index contributed by atoms with van der Waals surface area (Å²) in [6, 6.07) is 0. The summed E-state index contributed by atoms with van der Waals surface area (Å²) in [4.78, 5) is 13.8. The lowest BCUT2D eigenvalue weighted by Gasteiger charge is -2.28. The Labute approximate surface area is 88.7 Å². The fourth-order valence-corrected chi connectivity index (χ4v) is 1.50. The highest BCUT2D eigenvalue weighted by molar-refractivity contribution is 5.78. The SMILES string of the molecule is CC(C)CN(CC(C)C)C(=O)C(C)C. The molecule has 0 saturated carbocycles. The van der Waals surface area contributed by atoms with Gasteiger partial charge in [0.25, 0.3) is 0 Å². The van der Waals surface area contributed by atoms with Gasteiger partial charge in [-0.3, -0.25) is 4.79 Å². The van der Waals surface area contributed by atoms with Crippen LogP contribution in [-0.4, -0.2) is 23.9 Å². The highest BCUT2D eigenvalue weighted by atomic mass is 16.2. The van der Waals surface area contributed by atoms with Crippen molar-refractivity contribution in [3.05, 3.63) is 0 Å². The van der Waals surface area contributed by atoms with Gasteiger partial charge in [-0.1, -0.05) is 41.5 Å². The van der Waals surface area contributed by atoms with Crippen LogP contribution >= 0.6 is 0 Å². The quantitative estimate of drug-likeness (QED) is 0.666. The summed E-state index contributed by atoms with van der Waals surface area (Å²) < 4.78 is 0. The molecule has 0 bridgehead atoms. The predicted octanol–water partition coefficient (Wildman–Crippen LogP) is 2.78. The molecule has 0 radical (unpaired) electrons. The van der Waals surface area contributed by atoms with Gasteiger partial charge < -0.3 is 4.90 Å². The van der Waals surface area contributed by atoms with Crippen LogP contribution in [0.5, 0.6) is 0 Å². The van der Waals surface area contributed by atoms with Crippen LogP contribution in [0.3, 0.4) is 0 Å². The summed E-state index contributed by atoms with van der Waals surface area (Å²) in [6.45, 7) is 14.3. The minimum atomic E-state index is 0.118. The third-order valence-corrected chi connectivity index (χ3v) is 1.98. The standard InChI is InChI=1S/C12H25NO/c1-9(2)7-13(8-10(3)4)12(14)11(5)6/h9-11H,7-8H2,1-6H3. The minimum Gasteiger partial charge on any atom is -0.342 e. The van der Waals surface area contributed by atoms with Crippen LogP contribution in [0.25, 0.3) is 0 Å². The van der Waals surface area contributed by atoms with Crippen LogP contribution in [-0.2, 0) is 4.79 Å². The van der Waals surface area contributed by atoms with E-state index in [2.05, 4.69) is 27.7 Å². The molecule has 0 saturated heterocycles. The van der Waals surface area contributed by atoms with E-state index in [4.69, 9.17) is 0 Å². The average Bonchev–Trinajstić information content (AvgIpc) is 1.99. The van der Waals surface area contributed by atoms with Crippen LogP contribution in [0.15, 0.2) is 0 Å². The molecule has 14 heavy (non-hydrogen) atoms. The number of carbonyl (C=O) groups excluding carboxylic acids is 1. The zero-order valence-electron chi connectivity index (χ0n) is 10.5. The molecule has 0 N–H and O–H groups in total.